The Hall–Kier alpha value is -1.32. The van der Waals surface area contributed by atoms with E-state index < -0.39 is 12.0 Å². The number of hydrogen-bond donors (Lipinski definition) is 1. The van der Waals surface area contributed by atoms with Gasteiger partial charge in [-0.05, 0) is 24.7 Å². The summed E-state index contributed by atoms with van der Waals surface area (Å²) in [7, 11) is 1.33. The predicted octanol–water partition coefficient (Wildman–Crippen LogP) is 2.44. The molecule has 0 saturated carbocycles. The highest BCUT2D eigenvalue weighted by Gasteiger charge is 2.33. The number of esters is 1. The monoisotopic (exact) mass is 255 g/mol. The van der Waals surface area contributed by atoms with Gasteiger partial charge in [-0.3, -0.25) is 4.79 Å². The van der Waals surface area contributed by atoms with E-state index in [1.165, 1.54) is 7.11 Å². The fourth-order valence-electron chi connectivity index (χ4n) is 1.55. The first-order chi connectivity index (χ1) is 8.32. The van der Waals surface area contributed by atoms with Crippen molar-refractivity contribution in [3.05, 3.63) is 12.7 Å². The first kappa shape index (κ1) is 16.7. The van der Waals surface area contributed by atoms with Crippen LogP contribution in [-0.4, -0.2) is 25.0 Å². The summed E-state index contributed by atoms with van der Waals surface area (Å²) in [4.78, 5) is 23.4. The van der Waals surface area contributed by atoms with Gasteiger partial charge in [0, 0.05) is 6.42 Å². The SMILES string of the molecule is C=CCCCCC(=O)NC(C(=O)OC)C(C)(C)C. The molecule has 4 heteroatoms. The predicted molar refractivity (Wildman–Crippen MR) is 72.1 cm³/mol. The third-order valence-corrected chi connectivity index (χ3v) is 2.67. The minimum absolute atomic E-state index is 0.107. The van der Waals surface area contributed by atoms with Crippen LogP contribution in [0.2, 0.25) is 0 Å². The van der Waals surface area contributed by atoms with Crippen LogP contribution in [0.3, 0.4) is 0 Å². The zero-order chi connectivity index (χ0) is 14.2. The highest BCUT2D eigenvalue weighted by Crippen LogP contribution is 2.20. The van der Waals surface area contributed by atoms with Gasteiger partial charge in [0.2, 0.25) is 5.91 Å². The van der Waals surface area contributed by atoms with Gasteiger partial charge in [-0.1, -0.05) is 26.8 Å². The van der Waals surface area contributed by atoms with Crippen LogP contribution < -0.4 is 5.32 Å². The lowest BCUT2D eigenvalue weighted by molar-refractivity contribution is -0.148. The Morgan fingerprint density at radius 2 is 1.94 bits per heavy atom. The summed E-state index contributed by atoms with van der Waals surface area (Å²) in [6.07, 6.45) is 4.92. The molecule has 1 atom stereocenters. The van der Waals surface area contributed by atoms with E-state index in [0.717, 1.165) is 19.3 Å². The molecule has 0 aliphatic carbocycles. The van der Waals surface area contributed by atoms with Crippen LogP contribution in [0.5, 0.6) is 0 Å². The fraction of sp³-hybridized carbons (Fsp3) is 0.714. The Bertz CT molecular complexity index is 292. The average molecular weight is 255 g/mol. The molecule has 0 rings (SSSR count). The average Bonchev–Trinajstić information content (AvgIpc) is 2.29. The van der Waals surface area contributed by atoms with Gasteiger partial charge in [0.25, 0.3) is 0 Å². The molecule has 0 spiro atoms. The number of amides is 1. The third kappa shape index (κ3) is 6.42. The van der Waals surface area contributed by atoms with Crippen molar-refractivity contribution in [2.45, 2.75) is 52.5 Å². The summed E-state index contributed by atoms with van der Waals surface area (Å²) >= 11 is 0. The summed E-state index contributed by atoms with van der Waals surface area (Å²) in [5, 5.41) is 2.75. The molecule has 0 aliphatic heterocycles. The van der Waals surface area contributed by atoms with E-state index >= 15 is 0 Å². The van der Waals surface area contributed by atoms with E-state index in [-0.39, 0.29) is 11.3 Å². The van der Waals surface area contributed by atoms with Crippen LogP contribution in [0.1, 0.15) is 46.5 Å². The van der Waals surface area contributed by atoms with Crippen molar-refractivity contribution >= 4 is 11.9 Å². The van der Waals surface area contributed by atoms with Crippen LogP contribution >= 0.6 is 0 Å². The number of nitrogens with one attached hydrogen (secondary N) is 1. The van der Waals surface area contributed by atoms with Gasteiger partial charge >= 0.3 is 5.97 Å². The number of allylic oxidation sites excluding steroid dienone is 1. The van der Waals surface area contributed by atoms with E-state index in [9.17, 15) is 9.59 Å². The molecule has 1 unspecified atom stereocenters. The molecular formula is C14H25NO3. The number of carbonyl (C=O) groups is 2. The second-order valence-electron chi connectivity index (χ2n) is 5.42. The maximum atomic E-state index is 11.7. The zero-order valence-corrected chi connectivity index (χ0v) is 11.9. The number of hydrogen-bond acceptors (Lipinski definition) is 3. The van der Waals surface area contributed by atoms with Gasteiger partial charge in [0.1, 0.15) is 6.04 Å². The molecule has 0 fully saturated rings. The molecule has 1 N–H and O–H groups in total. The minimum Gasteiger partial charge on any atom is -0.467 e. The molecule has 0 aromatic carbocycles. The van der Waals surface area contributed by atoms with E-state index in [2.05, 4.69) is 11.9 Å². The highest BCUT2D eigenvalue weighted by molar-refractivity contribution is 5.84. The normalized spacial score (nSPS) is 12.7. The summed E-state index contributed by atoms with van der Waals surface area (Å²) in [5.74, 6) is -0.508. The lowest BCUT2D eigenvalue weighted by Crippen LogP contribution is -2.49. The smallest absolute Gasteiger partial charge is 0.328 e. The molecule has 0 radical (unpaired) electrons. The second-order valence-corrected chi connectivity index (χ2v) is 5.42. The zero-order valence-electron chi connectivity index (χ0n) is 11.9. The van der Waals surface area contributed by atoms with Crippen molar-refractivity contribution in [1.29, 1.82) is 0 Å². The first-order valence-electron chi connectivity index (χ1n) is 6.31. The minimum atomic E-state index is -0.602. The van der Waals surface area contributed by atoms with Gasteiger partial charge in [0.15, 0.2) is 0 Å². The van der Waals surface area contributed by atoms with Crippen LogP contribution in [-0.2, 0) is 14.3 Å². The summed E-state index contributed by atoms with van der Waals surface area (Å²) in [6.45, 7) is 9.32. The molecule has 18 heavy (non-hydrogen) atoms. The molecule has 4 nitrogen and oxygen atoms in total. The number of unbranched alkanes of at least 4 members (excludes halogenated alkanes) is 2. The summed E-state index contributed by atoms with van der Waals surface area (Å²) in [6, 6.07) is -0.602. The van der Waals surface area contributed by atoms with Crippen molar-refractivity contribution in [2.24, 2.45) is 5.41 Å². The van der Waals surface area contributed by atoms with Crippen LogP contribution in [0.15, 0.2) is 12.7 Å². The molecule has 0 saturated heterocycles. The third-order valence-electron chi connectivity index (χ3n) is 2.67. The van der Waals surface area contributed by atoms with Crippen molar-refractivity contribution in [2.75, 3.05) is 7.11 Å². The molecule has 0 aliphatic rings. The maximum absolute atomic E-state index is 11.7. The van der Waals surface area contributed by atoms with Crippen molar-refractivity contribution in [3.63, 3.8) is 0 Å². The van der Waals surface area contributed by atoms with Crippen LogP contribution in [0.25, 0.3) is 0 Å². The van der Waals surface area contributed by atoms with Gasteiger partial charge in [-0.15, -0.1) is 6.58 Å². The van der Waals surface area contributed by atoms with E-state index in [1.54, 1.807) is 0 Å². The lowest BCUT2D eigenvalue weighted by atomic mass is 9.86. The number of carbonyl (C=O) groups excluding carboxylic acids is 2. The van der Waals surface area contributed by atoms with Crippen molar-refractivity contribution < 1.29 is 14.3 Å². The Balaban J connectivity index is 4.28. The molecule has 0 heterocycles. The number of ether oxygens (including phenoxy) is 1. The Labute approximate surface area is 110 Å². The Kier molecular flexibility index (Phi) is 7.32. The van der Waals surface area contributed by atoms with Crippen LogP contribution in [0.4, 0.5) is 0 Å². The highest BCUT2D eigenvalue weighted by atomic mass is 16.5. The topological polar surface area (TPSA) is 55.4 Å². The van der Waals surface area contributed by atoms with Gasteiger partial charge in [0.05, 0.1) is 7.11 Å². The lowest BCUT2D eigenvalue weighted by Gasteiger charge is -2.29. The molecule has 0 bridgehead atoms. The van der Waals surface area contributed by atoms with Gasteiger partial charge in [-0.25, -0.2) is 4.79 Å². The maximum Gasteiger partial charge on any atom is 0.328 e. The van der Waals surface area contributed by atoms with Crippen LogP contribution in [0, 0.1) is 5.41 Å². The number of methoxy groups -OCH3 is 1. The fourth-order valence-corrected chi connectivity index (χ4v) is 1.55. The van der Waals surface area contributed by atoms with E-state index in [4.69, 9.17) is 4.74 Å². The largest absolute Gasteiger partial charge is 0.467 e. The molecular weight excluding hydrogens is 230 g/mol. The molecule has 1 amide bonds. The van der Waals surface area contributed by atoms with Crippen molar-refractivity contribution in [1.82, 2.24) is 5.32 Å². The first-order valence-corrected chi connectivity index (χ1v) is 6.31. The Morgan fingerprint density at radius 3 is 2.39 bits per heavy atom. The number of rotatable bonds is 7. The molecule has 104 valence electrons. The molecule has 0 aromatic heterocycles. The standard InChI is InChI=1S/C14H25NO3/c1-6-7-8-9-10-11(16)15-12(13(17)18-5)14(2,3)4/h6,12H,1,7-10H2,2-5H3,(H,15,16). The van der Waals surface area contributed by atoms with E-state index in [1.807, 2.05) is 26.8 Å². The Morgan fingerprint density at radius 1 is 1.33 bits per heavy atom. The van der Waals surface area contributed by atoms with E-state index in [0.29, 0.717) is 6.42 Å². The van der Waals surface area contributed by atoms with Gasteiger partial charge < -0.3 is 10.1 Å². The van der Waals surface area contributed by atoms with Crippen molar-refractivity contribution in [3.8, 4) is 0 Å². The van der Waals surface area contributed by atoms with Gasteiger partial charge in [-0.2, -0.15) is 0 Å². The molecule has 0 aromatic rings. The quantitative estimate of drug-likeness (QED) is 0.432. The summed E-state index contributed by atoms with van der Waals surface area (Å²) in [5.41, 5.74) is -0.357. The second kappa shape index (κ2) is 7.90. The summed E-state index contributed by atoms with van der Waals surface area (Å²) < 4.78 is 4.72.